The normalized spacial score (nSPS) is 14.4. The van der Waals surface area contributed by atoms with Gasteiger partial charge in [0.2, 0.25) is 0 Å². The maximum absolute atomic E-state index is 13.4. The number of hydrogen-bond acceptors (Lipinski definition) is 2. The predicted molar refractivity (Wildman–Crippen MR) is 59.5 cm³/mol. The summed E-state index contributed by atoms with van der Waals surface area (Å²) in [5.41, 5.74) is 4.26. The van der Waals surface area contributed by atoms with Crippen molar-refractivity contribution >= 4 is 5.97 Å². The molecule has 0 bridgehead atoms. The molecule has 1 rings (SSSR count). The molecule has 0 spiro atoms. The predicted octanol–water partition coefficient (Wildman–Crippen LogP) is 1.95. The van der Waals surface area contributed by atoms with E-state index in [0.29, 0.717) is 0 Å². The minimum absolute atomic E-state index is 0.0414. The van der Waals surface area contributed by atoms with Gasteiger partial charge in [-0.1, -0.05) is 6.92 Å². The van der Waals surface area contributed by atoms with Crippen LogP contribution in [-0.2, 0) is 11.2 Å². The van der Waals surface area contributed by atoms with Crippen LogP contribution in [0, 0.1) is 17.0 Å². The van der Waals surface area contributed by atoms with Gasteiger partial charge in [0.1, 0.15) is 11.6 Å². The van der Waals surface area contributed by atoms with Gasteiger partial charge in [-0.15, -0.1) is 0 Å². The largest absolute Gasteiger partial charge is 0.481 e. The second-order valence-corrected chi connectivity index (χ2v) is 4.06. The van der Waals surface area contributed by atoms with Gasteiger partial charge in [0.05, 0.1) is 5.41 Å². The van der Waals surface area contributed by atoms with Crippen LogP contribution < -0.4 is 5.73 Å². The van der Waals surface area contributed by atoms with Crippen molar-refractivity contribution in [2.75, 3.05) is 6.54 Å². The molecule has 0 saturated carbocycles. The number of hydrogen-bond donors (Lipinski definition) is 2. The SMILES string of the molecule is CCC(CN)(Cc1cc(F)ccc1F)C(=O)O. The van der Waals surface area contributed by atoms with Crippen molar-refractivity contribution in [3.05, 3.63) is 35.4 Å². The molecule has 3 N–H and O–H groups in total. The lowest BCUT2D eigenvalue weighted by molar-refractivity contribution is -0.148. The highest BCUT2D eigenvalue weighted by Crippen LogP contribution is 2.28. The van der Waals surface area contributed by atoms with Crippen LogP contribution >= 0.6 is 0 Å². The standard InChI is InChI=1S/C12H15F2NO2/c1-2-12(7-15,11(16)17)6-8-5-9(13)3-4-10(8)14/h3-5H,2,6-7,15H2,1H3,(H,16,17). The summed E-state index contributed by atoms with van der Waals surface area (Å²) in [5.74, 6) is -2.29. The Labute approximate surface area is 98.2 Å². The van der Waals surface area contributed by atoms with E-state index in [1.54, 1.807) is 6.92 Å². The Balaban J connectivity index is 3.09. The summed E-state index contributed by atoms with van der Waals surface area (Å²) >= 11 is 0. The molecule has 0 aliphatic heterocycles. The van der Waals surface area contributed by atoms with Gasteiger partial charge in [0.25, 0.3) is 0 Å². The summed E-state index contributed by atoms with van der Waals surface area (Å²) < 4.78 is 26.4. The number of rotatable bonds is 5. The van der Waals surface area contributed by atoms with Gasteiger partial charge in [-0.05, 0) is 36.6 Å². The number of carboxylic acids is 1. The van der Waals surface area contributed by atoms with Crippen molar-refractivity contribution in [3.63, 3.8) is 0 Å². The molecule has 0 saturated heterocycles. The van der Waals surface area contributed by atoms with Crippen molar-refractivity contribution in [2.24, 2.45) is 11.1 Å². The molecule has 17 heavy (non-hydrogen) atoms. The summed E-state index contributed by atoms with van der Waals surface area (Å²) in [6.45, 7) is 1.55. The minimum Gasteiger partial charge on any atom is -0.481 e. The quantitative estimate of drug-likeness (QED) is 0.830. The van der Waals surface area contributed by atoms with E-state index >= 15 is 0 Å². The summed E-state index contributed by atoms with van der Waals surface area (Å²) in [6.07, 6.45) is 0.147. The highest BCUT2D eigenvalue weighted by Gasteiger charge is 2.36. The molecule has 0 heterocycles. The van der Waals surface area contributed by atoms with Gasteiger partial charge in [-0.2, -0.15) is 0 Å². The first-order valence-corrected chi connectivity index (χ1v) is 5.32. The zero-order chi connectivity index (χ0) is 13.1. The summed E-state index contributed by atoms with van der Waals surface area (Å²) in [4.78, 5) is 11.2. The maximum atomic E-state index is 13.4. The Morgan fingerprint density at radius 2 is 2.12 bits per heavy atom. The number of carbonyl (C=O) groups is 1. The average molecular weight is 243 g/mol. The lowest BCUT2D eigenvalue weighted by Gasteiger charge is -2.26. The van der Waals surface area contributed by atoms with Gasteiger partial charge in [0.15, 0.2) is 0 Å². The van der Waals surface area contributed by atoms with Crippen molar-refractivity contribution in [1.29, 1.82) is 0 Å². The molecule has 0 fully saturated rings. The van der Waals surface area contributed by atoms with E-state index in [1.807, 2.05) is 0 Å². The van der Waals surface area contributed by atoms with Gasteiger partial charge in [-0.3, -0.25) is 4.79 Å². The van der Waals surface area contributed by atoms with Crippen molar-refractivity contribution in [2.45, 2.75) is 19.8 Å². The molecular formula is C12H15F2NO2. The lowest BCUT2D eigenvalue weighted by atomic mass is 9.79. The molecule has 0 aliphatic rings. The molecule has 0 radical (unpaired) electrons. The number of benzene rings is 1. The number of carboxylic acid groups (broad SMARTS) is 1. The molecule has 1 unspecified atom stereocenters. The van der Waals surface area contributed by atoms with E-state index in [1.165, 1.54) is 0 Å². The van der Waals surface area contributed by atoms with Crippen molar-refractivity contribution in [3.8, 4) is 0 Å². The summed E-state index contributed by atoms with van der Waals surface area (Å²) in [7, 11) is 0. The highest BCUT2D eigenvalue weighted by atomic mass is 19.1. The molecule has 1 aromatic rings. The third-order valence-corrected chi connectivity index (χ3v) is 3.06. The third kappa shape index (κ3) is 2.79. The van der Waals surface area contributed by atoms with Crippen LogP contribution in [0.4, 0.5) is 8.78 Å². The van der Waals surface area contributed by atoms with E-state index in [2.05, 4.69) is 0 Å². The molecule has 5 heteroatoms. The van der Waals surface area contributed by atoms with Crippen molar-refractivity contribution < 1.29 is 18.7 Å². The smallest absolute Gasteiger partial charge is 0.311 e. The average Bonchev–Trinajstić information content (AvgIpc) is 2.30. The Kier molecular flexibility index (Phi) is 4.17. The molecule has 94 valence electrons. The molecule has 0 amide bonds. The van der Waals surface area contributed by atoms with E-state index < -0.39 is 23.0 Å². The summed E-state index contributed by atoms with van der Waals surface area (Å²) in [6, 6.07) is 3.00. The third-order valence-electron chi connectivity index (χ3n) is 3.06. The Bertz CT molecular complexity index is 417. The van der Waals surface area contributed by atoms with Crippen LogP contribution in [0.2, 0.25) is 0 Å². The van der Waals surface area contributed by atoms with Crippen LogP contribution in [0.15, 0.2) is 18.2 Å². The van der Waals surface area contributed by atoms with Crippen LogP contribution in [-0.4, -0.2) is 17.6 Å². The van der Waals surface area contributed by atoms with Crippen LogP contribution in [0.5, 0.6) is 0 Å². The maximum Gasteiger partial charge on any atom is 0.311 e. The van der Waals surface area contributed by atoms with E-state index in [9.17, 15) is 13.6 Å². The highest BCUT2D eigenvalue weighted by molar-refractivity contribution is 5.75. The van der Waals surface area contributed by atoms with Gasteiger partial charge in [-0.25, -0.2) is 8.78 Å². The van der Waals surface area contributed by atoms with Crippen LogP contribution in [0.3, 0.4) is 0 Å². The zero-order valence-corrected chi connectivity index (χ0v) is 9.54. The minimum atomic E-state index is -1.24. The summed E-state index contributed by atoms with van der Waals surface area (Å²) in [5, 5.41) is 9.15. The molecule has 0 aromatic heterocycles. The number of halogens is 2. The Hall–Kier alpha value is -1.49. The fraction of sp³-hybridized carbons (Fsp3) is 0.417. The van der Waals surface area contributed by atoms with E-state index in [-0.39, 0.29) is 24.9 Å². The fourth-order valence-corrected chi connectivity index (χ4v) is 1.70. The van der Waals surface area contributed by atoms with Gasteiger partial charge in [0, 0.05) is 6.54 Å². The zero-order valence-electron chi connectivity index (χ0n) is 9.54. The molecule has 0 aliphatic carbocycles. The first kappa shape index (κ1) is 13.6. The Morgan fingerprint density at radius 1 is 1.47 bits per heavy atom. The second kappa shape index (κ2) is 5.23. The molecule has 3 nitrogen and oxygen atoms in total. The monoisotopic (exact) mass is 243 g/mol. The van der Waals surface area contributed by atoms with Crippen LogP contribution in [0.25, 0.3) is 0 Å². The topological polar surface area (TPSA) is 63.3 Å². The number of nitrogens with two attached hydrogens (primary N) is 1. The van der Waals surface area contributed by atoms with Gasteiger partial charge < -0.3 is 10.8 Å². The second-order valence-electron chi connectivity index (χ2n) is 4.06. The van der Waals surface area contributed by atoms with E-state index in [4.69, 9.17) is 10.8 Å². The number of aliphatic carboxylic acids is 1. The fourth-order valence-electron chi connectivity index (χ4n) is 1.70. The van der Waals surface area contributed by atoms with E-state index in [0.717, 1.165) is 18.2 Å². The molecule has 1 aromatic carbocycles. The van der Waals surface area contributed by atoms with Gasteiger partial charge >= 0.3 is 5.97 Å². The molecular weight excluding hydrogens is 228 g/mol. The first-order valence-electron chi connectivity index (χ1n) is 5.32. The van der Waals surface area contributed by atoms with Crippen LogP contribution in [0.1, 0.15) is 18.9 Å². The Morgan fingerprint density at radius 3 is 2.59 bits per heavy atom. The lowest BCUT2D eigenvalue weighted by Crippen LogP contribution is -2.40. The molecule has 1 atom stereocenters. The van der Waals surface area contributed by atoms with Crippen molar-refractivity contribution in [1.82, 2.24) is 0 Å². The first-order chi connectivity index (χ1) is 7.95.